The van der Waals surface area contributed by atoms with Crippen LogP contribution in [0.25, 0.3) is 0 Å². The zero-order valence-electron chi connectivity index (χ0n) is 10.6. The third-order valence-corrected chi connectivity index (χ3v) is 3.09. The molecule has 1 aromatic rings. The smallest absolute Gasteiger partial charge is 0.305 e. The Bertz CT molecular complexity index is 440. The van der Waals surface area contributed by atoms with Crippen LogP contribution >= 0.6 is 0 Å². The molecule has 0 radical (unpaired) electrons. The van der Waals surface area contributed by atoms with Crippen LogP contribution in [0.2, 0.25) is 0 Å². The number of aliphatic carboxylic acids is 1. The molecule has 19 heavy (non-hydrogen) atoms. The number of rotatable bonds is 5. The van der Waals surface area contributed by atoms with E-state index in [4.69, 9.17) is 9.84 Å². The second-order valence-corrected chi connectivity index (χ2v) is 4.47. The molecule has 0 aliphatic carbocycles. The number of anilines is 1. The van der Waals surface area contributed by atoms with E-state index < -0.39 is 12.1 Å². The van der Waals surface area contributed by atoms with Crippen LogP contribution < -0.4 is 4.90 Å². The van der Waals surface area contributed by atoms with Gasteiger partial charge in [-0.3, -0.25) is 9.59 Å². The molecule has 0 saturated carbocycles. The van der Waals surface area contributed by atoms with Crippen LogP contribution in [0, 0.1) is 0 Å². The second kappa shape index (κ2) is 6.33. The molecule has 5 heteroatoms. The molecule has 1 saturated heterocycles. The molecule has 102 valence electrons. The molecular formula is C14H17NO4. The number of para-hydroxylation sites is 1. The van der Waals surface area contributed by atoms with Crippen LogP contribution in [0.1, 0.15) is 19.3 Å². The molecule has 1 aromatic carbocycles. The molecule has 0 unspecified atom stereocenters. The van der Waals surface area contributed by atoms with E-state index in [1.54, 1.807) is 12.1 Å². The fourth-order valence-electron chi connectivity index (χ4n) is 2.13. The molecule has 1 aliphatic rings. The Morgan fingerprint density at radius 3 is 2.63 bits per heavy atom. The minimum absolute atomic E-state index is 0.0760. The first-order chi connectivity index (χ1) is 9.18. The molecule has 2 rings (SSSR count). The summed E-state index contributed by atoms with van der Waals surface area (Å²) in [5.74, 6) is -1.06. The summed E-state index contributed by atoms with van der Waals surface area (Å²) in [5, 5.41) is 8.79. The normalized spacial score (nSPS) is 18.2. The van der Waals surface area contributed by atoms with E-state index in [-0.39, 0.29) is 18.9 Å². The Morgan fingerprint density at radius 2 is 2.05 bits per heavy atom. The number of hydrogen-bond acceptors (Lipinski definition) is 3. The van der Waals surface area contributed by atoms with Crippen molar-refractivity contribution in [3.8, 4) is 0 Å². The molecule has 0 spiro atoms. The lowest BCUT2D eigenvalue weighted by molar-refractivity contribution is -0.136. The van der Waals surface area contributed by atoms with Gasteiger partial charge in [-0.1, -0.05) is 18.2 Å². The van der Waals surface area contributed by atoms with Crippen molar-refractivity contribution in [2.75, 3.05) is 18.1 Å². The topological polar surface area (TPSA) is 66.8 Å². The first kappa shape index (κ1) is 13.5. The standard InChI is InChI=1S/C14H17NO4/c16-13(17)8-9-15(11-5-2-1-3-6-11)14(18)12-7-4-10-19-12/h1-3,5-6,12H,4,7-10H2,(H,16,17)/t12-/m1/s1. The number of ether oxygens (including phenoxy) is 1. The maximum absolute atomic E-state index is 12.4. The van der Waals surface area contributed by atoms with Gasteiger partial charge < -0.3 is 14.7 Å². The number of amides is 1. The molecule has 5 nitrogen and oxygen atoms in total. The number of hydrogen-bond donors (Lipinski definition) is 1. The number of benzene rings is 1. The molecule has 1 fully saturated rings. The third-order valence-electron chi connectivity index (χ3n) is 3.09. The van der Waals surface area contributed by atoms with E-state index in [2.05, 4.69) is 0 Å². The van der Waals surface area contributed by atoms with Gasteiger partial charge in [0.15, 0.2) is 0 Å². The van der Waals surface area contributed by atoms with Crippen molar-refractivity contribution in [1.82, 2.24) is 0 Å². The van der Waals surface area contributed by atoms with Crippen LogP contribution in [0.4, 0.5) is 5.69 Å². The maximum Gasteiger partial charge on any atom is 0.305 e. The Kier molecular flexibility index (Phi) is 4.52. The number of nitrogens with zero attached hydrogens (tertiary/aromatic N) is 1. The predicted octanol–water partition coefficient (Wildman–Crippen LogP) is 1.67. The number of carbonyl (C=O) groups is 2. The highest BCUT2D eigenvalue weighted by Crippen LogP contribution is 2.20. The maximum atomic E-state index is 12.4. The largest absolute Gasteiger partial charge is 0.481 e. The van der Waals surface area contributed by atoms with Gasteiger partial charge in [-0.25, -0.2) is 0 Å². The summed E-state index contributed by atoms with van der Waals surface area (Å²) in [6, 6.07) is 9.11. The van der Waals surface area contributed by atoms with E-state index in [1.165, 1.54) is 4.90 Å². The Hall–Kier alpha value is -1.88. The molecule has 0 aromatic heterocycles. The van der Waals surface area contributed by atoms with Crippen LogP contribution in [0.3, 0.4) is 0 Å². The van der Waals surface area contributed by atoms with Crippen molar-refractivity contribution in [2.24, 2.45) is 0 Å². The zero-order chi connectivity index (χ0) is 13.7. The van der Waals surface area contributed by atoms with Gasteiger partial charge in [0.1, 0.15) is 6.10 Å². The van der Waals surface area contributed by atoms with Gasteiger partial charge in [-0.2, -0.15) is 0 Å². The monoisotopic (exact) mass is 263 g/mol. The Labute approximate surface area is 111 Å². The predicted molar refractivity (Wildman–Crippen MR) is 70.0 cm³/mol. The Morgan fingerprint density at radius 1 is 1.32 bits per heavy atom. The quantitative estimate of drug-likeness (QED) is 0.877. The van der Waals surface area contributed by atoms with Gasteiger partial charge in [0.2, 0.25) is 0 Å². The van der Waals surface area contributed by atoms with E-state index in [0.29, 0.717) is 18.7 Å². The van der Waals surface area contributed by atoms with Gasteiger partial charge in [-0.15, -0.1) is 0 Å². The lowest BCUT2D eigenvalue weighted by atomic mass is 10.2. The lowest BCUT2D eigenvalue weighted by Gasteiger charge is -2.24. The average Bonchev–Trinajstić information content (AvgIpc) is 2.93. The summed E-state index contributed by atoms with van der Waals surface area (Å²) >= 11 is 0. The van der Waals surface area contributed by atoms with E-state index in [0.717, 1.165) is 6.42 Å². The van der Waals surface area contributed by atoms with Crippen molar-refractivity contribution in [3.63, 3.8) is 0 Å². The molecule has 0 bridgehead atoms. The van der Waals surface area contributed by atoms with Crippen molar-refractivity contribution < 1.29 is 19.4 Å². The molecule has 1 heterocycles. The minimum Gasteiger partial charge on any atom is -0.481 e. The number of carbonyl (C=O) groups excluding carboxylic acids is 1. The number of carboxylic acids is 1. The fraction of sp³-hybridized carbons (Fsp3) is 0.429. The first-order valence-electron chi connectivity index (χ1n) is 6.38. The van der Waals surface area contributed by atoms with Gasteiger partial charge in [0.05, 0.1) is 6.42 Å². The summed E-state index contributed by atoms with van der Waals surface area (Å²) in [6.07, 6.45) is 1.06. The lowest BCUT2D eigenvalue weighted by Crippen LogP contribution is -2.40. The third kappa shape index (κ3) is 3.54. The van der Waals surface area contributed by atoms with Crippen molar-refractivity contribution in [2.45, 2.75) is 25.4 Å². The van der Waals surface area contributed by atoms with Gasteiger partial charge in [0, 0.05) is 18.8 Å². The SMILES string of the molecule is O=C(O)CCN(C(=O)[C@H]1CCCO1)c1ccccc1. The number of carboxylic acid groups (broad SMARTS) is 1. The van der Waals surface area contributed by atoms with Crippen LogP contribution in [0.15, 0.2) is 30.3 Å². The molecular weight excluding hydrogens is 246 g/mol. The van der Waals surface area contributed by atoms with Crippen LogP contribution in [0.5, 0.6) is 0 Å². The summed E-state index contributed by atoms with van der Waals surface area (Å²) in [7, 11) is 0. The van der Waals surface area contributed by atoms with Gasteiger partial charge in [0.25, 0.3) is 5.91 Å². The van der Waals surface area contributed by atoms with E-state index in [1.807, 2.05) is 18.2 Å². The highest BCUT2D eigenvalue weighted by Gasteiger charge is 2.29. The molecule has 1 atom stereocenters. The Balaban J connectivity index is 2.13. The van der Waals surface area contributed by atoms with Gasteiger partial charge >= 0.3 is 5.97 Å². The summed E-state index contributed by atoms with van der Waals surface area (Å²) < 4.78 is 5.39. The molecule has 1 aliphatic heterocycles. The van der Waals surface area contributed by atoms with Crippen molar-refractivity contribution in [3.05, 3.63) is 30.3 Å². The van der Waals surface area contributed by atoms with Gasteiger partial charge in [-0.05, 0) is 25.0 Å². The summed E-state index contributed by atoms with van der Waals surface area (Å²) in [4.78, 5) is 24.6. The fourth-order valence-corrected chi connectivity index (χ4v) is 2.13. The zero-order valence-corrected chi connectivity index (χ0v) is 10.6. The van der Waals surface area contributed by atoms with Crippen LogP contribution in [-0.2, 0) is 14.3 Å². The van der Waals surface area contributed by atoms with Crippen molar-refractivity contribution >= 4 is 17.6 Å². The summed E-state index contributed by atoms with van der Waals surface area (Å²) in [5.41, 5.74) is 0.712. The van der Waals surface area contributed by atoms with E-state index >= 15 is 0 Å². The molecule has 1 N–H and O–H groups in total. The molecule has 1 amide bonds. The van der Waals surface area contributed by atoms with E-state index in [9.17, 15) is 9.59 Å². The highest BCUT2D eigenvalue weighted by molar-refractivity contribution is 5.97. The van der Waals surface area contributed by atoms with Crippen molar-refractivity contribution in [1.29, 1.82) is 0 Å². The highest BCUT2D eigenvalue weighted by atomic mass is 16.5. The van der Waals surface area contributed by atoms with Crippen LogP contribution in [-0.4, -0.2) is 36.2 Å². The summed E-state index contributed by atoms with van der Waals surface area (Å²) in [6.45, 7) is 0.760. The minimum atomic E-state index is -0.916. The first-order valence-corrected chi connectivity index (χ1v) is 6.38. The average molecular weight is 263 g/mol. The second-order valence-electron chi connectivity index (χ2n) is 4.47.